The molecular weight excluding hydrogens is 423 g/mol. The maximum Gasteiger partial charge on any atom is 0.234 e. The molecule has 2 aromatic rings. The third-order valence-electron chi connectivity index (χ3n) is 4.99. The number of nitrogens with one attached hydrogen (secondary N) is 2. The summed E-state index contributed by atoms with van der Waals surface area (Å²) in [5, 5.41) is 6.75. The van der Waals surface area contributed by atoms with Crippen molar-refractivity contribution in [3.05, 3.63) is 64.9 Å². The summed E-state index contributed by atoms with van der Waals surface area (Å²) in [6.07, 6.45) is 1.73. The summed E-state index contributed by atoms with van der Waals surface area (Å²) in [5.41, 5.74) is 1.87. The Kier molecular flexibility index (Phi) is 8.42. The van der Waals surface area contributed by atoms with Crippen molar-refractivity contribution in [3.8, 4) is 0 Å². The van der Waals surface area contributed by atoms with Gasteiger partial charge < -0.3 is 15.5 Å². The average molecular weight is 449 g/mol. The minimum Gasteiger partial charge on any atom is -0.355 e. The normalized spacial score (nSPS) is 14.8. The molecule has 3 rings (SSSR count). The van der Waals surface area contributed by atoms with Crippen LogP contribution in [-0.2, 0) is 11.2 Å². The second kappa shape index (κ2) is 11.2. The van der Waals surface area contributed by atoms with E-state index in [1.54, 1.807) is 6.07 Å². The van der Waals surface area contributed by atoms with Crippen LogP contribution in [0.3, 0.4) is 0 Å². The molecule has 0 atom stereocenters. The lowest BCUT2D eigenvalue weighted by molar-refractivity contribution is -0.122. The molecule has 0 unspecified atom stereocenters. The largest absolute Gasteiger partial charge is 0.355 e. The van der Waals surface area contributed by atoms with Gasteiger partial charge in [0.15, 0.2) is 5.11 Å². The van der Waals surface area contributed by atoms with Crippen molar-refractivity contribution in [2.45, 2.75) is 12.8 Å². The van der Waals surface area contributed by atoms with Crippen LogP contribution in [0.4, 0.5) is 10.1 Å². The number of carbonyl (C=O) groups excluding carboxylic acids is 1. The Morgan fingerprint density at radius 1 is 1.10 bits per heavy atom. The Labute approximate surface area is 187 Å². The van der Waals surface area contributed by atoms with Gasteiger partial charge in [-0.25, -0.2) is 4.39 Å². The van der Waals surface area contributed by atoms with E-state index in [2.05, 4.69) is 32.6 Å². The molecule has 1 amide bonds. The van der Waals surface area contributed by atoms with Gasteiger partial charge in [-0.1, -0.05) is 41.9 Å². The quantitative estimate of drug-likeness (QED) is 0.662. The number of amides is 1. The monoisotopic (exact) mass is 448 g/mol. The molecule has 160 valence electrons. The van der Waals surface area contributed by atoms with Crippen LogP contribution in [0.5, 0.6) is 0 Å². The smallest absolute Gasteiger partial charge is 0.234 e. The fraction of sp³-hybridized carbons (Fsp3) is 0.364. The predicted molar refractivity (Wildman–Crippen MR) is 123 cm³/mol. The minimum absolute atomic E-state index is 0.0426. The number of halogens is 2. The second-order valence-electron chi connectivity index (χ2n) is 7.26. The van der Waals surface area contributed by atoms with Gasteiger partial charge in [0, 0.05) is 38.4 Å². The van der Waals surface area contributed by atoms with Crippen LogP contribution < -0.4 is 10.6 Å². The first-order valence-corrected chi connectivity index (χ1v) is 10.8. The number of hydrogen-bond donors (Lipinski definition) is 2. The minimum atomic E-state index is -0.458. The van der Waals surface area contributed by atoms with Crippen molar-refractivity contribution in [2.24, 2.45) is 0 Å². The standard InChI is InChI=1S/C22H26ClFN4OS/c23-19-15-18(7-8-20(19)24)26-22(30)28-12-4-11-27(13-14-28)16-21(29)25-10-9-17-5-2-1-3-6-17/h1-3,5-8,15H,4,9-14,16H2,(H,25,29)(H,26,30). The van der Waals surface area contributed by atoms with Gasteiger partial charge in [0.05, 0.1) is 11.6 Å². The highest BCUT2D eigenvalue weighted by atomic mass is 35.5. The van der Waals surface area contributed by atoms with Crippen molar-refractivity contribution in [3.63, 3.8) is 0 Å². The number of hydrogen-bond acceptors (Lipinski definition) is 3. The first-order valence-electron chi connectivity index (χ1n) is 10.1. The zero-order valence-electron chi connectivity index (χ0n) is 16.7. The van der Waals surface area contributed by atoms with Crippen LogP contribution in [-0.4, -0.2) is 60.1 Å². The number of nitrogens with zero attached hydrogens (tertiary/aromatic N) is 2. The van der Waals surface area contributed by atoms with E-state index in [1.165, 1.54) is 17.7 Å². The summed E-state index contributed by atoms with van der Waals surface area (Å²) in [5.74, 6) is -0.415. The summed E-state index contributed by atoms with van der Waals surface area (Å²) in [7, 11) is 0. The van der Waals surface area contributed by atoms with Crippen molar-refractivity contribution in [1.82, 2.24) is 15.1 Å². The topological polar surface area (TPSA) is 47.6 Å². The molecule has 8 heteroatoms. The van der Waals surface area contributed by atoms with Gasteiger partial charge >= 0.3 is 0 Å². The van der Waals surface area contributed by atoms with Crippen LogP contribution in [0.15, 0.2) is 48.5 Å². The molecule has 1 heterocycles. The van der Waals surface area contributed by atoms with Crippen molar-refractivity contribution < 1.29 is 9.18 Å². The molecule has 2 aromatic carbocycles. The lowest BCUT2D eigenvalue weighted by Gasteiger charge is -2.24. The van der Waals surface area contributed by atoms with Gasteiger partial charge in [0.2, 0.25) is 5.91 Å². The van der Waals surface area contributed by atoms with Gasteiger partial charge in [0.1, 0.15) is 5.82 Å². The van der Waals surface area contributed by atoms with E-state index in [0.29, 0.717) is 23.9 Å². The molecular formula is C22H26ClFN4OS. The van der Waals surface area contributed by atoms with Crippen LogP contribution in [0.25, 0.3) is 0 Å². The second-order valence-corrected chi connectivity index (χ2v) is 8.06. The SMILES string of the molecule is O=C(CN1CCCN(C(=S)Nc2ccc(F)c(Cl)c2)CC1)NCCc1ccccc1. The zero-order chi connectivity index (χ0) is 21.3. The molecule has 0 radical (unpaired) electrons. The molecule has 2 N–H and O–H groups in total. The van der Waals surface area contributed by atoms with E-state index in [-0.39, 0.29) is 10.9 Å². The van der Waals surface area contributed by atoms with E-state index < -0.39 is 5.82 Å². The van der Waals surface area contributed by atoms with Crippen molar-refractivity contribution in [2.75, 3.05) is 44.6 Å². The number of anilines is 1. The van der Waals surface area contributed by atoms with Gasteiger partial charge in [0.25, 0.3) is 0 Å². The number of thiocarbonyl (C=S) groups is 1. The molecule has 0 saturated carbocycles. The van der Waals surface area contributed by atoms with Gasteiger partial charge in [-0.3, -0.25) is 9.69 Å². The van der Waals surface area contributed by atoms with E-state index in [4.69, 9.17) is 23.8 Å². The molecule has 30 heavy (non-hydrogen) atoms. The Hall–Kier alpha value is -2.22. The fourth-order valence-corrected chi connectivity index (χ4v) is 3.84. The number of rotatable bonds is 6. The first-order chi connectivity index (χ1) is 14.5. The van der Waals surface area contributed by atoms with Crippen molar-refractivity contribution in [1.29, 1.82) is 0 Å². The number of benzene rings is 2. The Morgan fingerprint density at radius 3 is 2.67 bits per heavy atom. The summed E-state index contributed by atoms with van der Waals surface area (Å²) in [6, 6.07) is 14.6. The first kappa shape index (κ1) is 22.5. The summed E-state index contributed by atoms with van der Waals surface area (Å²) in [6.45, 7) is 4.13. The van der Waals surface area contributed by atoms with Crippen LogP contribution in [0.2, 0.25) is 5.02 Å². The molecule has 0 spiro atoms. The Bertz CT molecular complexity index is 867. The highest BCUT2D eigenvalue weighted by Crippen LogP contribution is 2.20. The Morgan fingerprint density at radius 2 is 1.90 bits per heavy atom. The lowest BCUT2D eigenvalue weighted by Crippen LogP contribution is -2.41. The molecule has 1 saturated heterocycles. The summed E-state index contributed by atoms with van der Waals surface area (Å²) >= 11 is 11.3. The average Bonchev–Trinajstić information content (AvgIpc) is 2.97. The molecule has 1 aliphatic rings. The summed E-state index contributed by atoms with van der Waals surface area (Å²) < 4.78 is 13.3. The number of carbonyl (C=O) groups is 1. The molecule has 1 fully saturated rings. The van der Waals surface area contributed by atoms with E-state index >= 15 is 0 Å². The van der Waals surface area contributed by atoms with E-state index in [0.717, 1.165) is 39.0 Å². The van der Waals surface area contributed by atoms with Crippen LogP contribution in [0.1, 0.15) is 12.0 Å². The van der Waals surface area contributed by atoms with Crippen LogP contribution >= 0.6 is 23.8 Å². The fourth-order valence-electron chi connectivity index (χ4n) is 3.36. The van der Waals surface area contributed by atoms with E-state index in [1.807, 2.05) is 18.2 Å². The summed E-state index contributed by atoms with van der Waals surface area (Å²) in [4.78, 5) is 16.5. The van der Waals surface area contributed by atoms with Gasteiger partial charge in [-0.2, -0.15) is 0 Å². The Balaban J connectivity index is 1.41. The predicted octanol–water partition coefficient (Wildman–Crippen LogP) is 3.54. The molecule has 5 nitrogen and oxygen atoms in total. The van der Waals surface area contributed by atoms with Gasteiger partial charge in [-0.05, 0) is 48.8 Å². The maximum atomic E-state index is 13.3. The van der Waals surface area contributed by atoms with E-state index in [9.17, 15) is 9.18 Å². The maximum absolute atomic E-state index is 13.3. The molecule has 1 aliphatic heterocycles. The molecule has 0 aromatic heterocycles. The molecule has 0 aliphatic carbocycles. The highest BCUT2D eigenvalue weighted by molar-refractivity contribution is 7.80. The zero-order valence-corrected chi connectivity index (χ0v) is 18.3. The van der Waals surface area contributed by atoms with Gasteiger partial charge in [-0.15, -0.1) is 0 Å². The highest BCUT2D eigenvalue weighted by Gasteiger charge is 2.19. The van der Waals surface area contributed by atoms with Crippen molar-refractivity contribution >= 4 is 40.5 Å². The molecule has 0 bridgehead atoms. The lowest BCUT2D eigenvalue weighted by atomic mass is 10.1. The third kappa shape index (κ3) is 6.93. The third-order valence-corrected chi connectivity index (χ3v) is 5.64. The van der Waals surface area contributed by atoms with Crippen LogP contribution in [0, 0.1) is 5.82 Å².